The minimum Gasteiger partial charge on any atom is -0.365 e. The summed E-state index contributed by atoms with van der Waals surface area (Å²) in [6, 6.07) is 7.85. The third kappa shape index (κ3) is 1.53. The van der Waals surface area contributed by atoms with Crippen LogP contribution in [-0.4, -0.2) is 5.91 Å². The summed E-state index contributed by atoms with van der Waals surface area (Å²) in [6.45, 7) is 0. The fraction of sp³-hybridized carbons (Fsp3) is 0.0833. The molecule has 0 radical (unpaired) electrons. The minimum atomic E-state index is -0.428. The van der Waals surface area contributed by atoms with Gasteiger partial charge in [0.15, 0.2) is 0 Å². The number of amides is 1. The predicted octanol–water partition coefficient (Wildman–Crippen LogP) is 1.42. The molecular formula is C12H9NO. The maximum absolute atomic E-state index is 11.0. The van der Waals surface area contributed by atoms with E-state index in [9.17, 15) is 4.79 Å². The zero-order valence-electron chi connectivity index (χ0n) is 7.58. The molecule has 0 unspecified atom stereocenters. The Kier molecular flexibility index (Phi) is 2.08. The molecule has 68 valence electrons. The molecule has 1 aromatic carbocycles. The van der Waals surface area contributed by atoms with E-state index in [0.717, 1.165) is 11.1 Å². The lowest BCUT2D eigenvalue weighted by Crippen LogP contribution is -2.15. The van der Waals surface area contributed by atoms with Crippen molar-refractivity contribution in [1.29, 1.82) is 0 Å². The maximum Gasteiger partial charge on any atom is 0.253 e. The number of hydrogen-bond acceptors (Lipinski definition) is 1. The van der Waals surface area contributed by atoms with E-state index in [0.29, 0.717) is 12.0 Å². The van der Waals surface area contributed by atoms with E-state index in [-0.39, 0.29) is 0 Å². The van der Waals surface area contributed by atoms with Gasteiger partial charge in [0.05, 0.1) is 5.57 Å². The zero-order chi connectivity index (χ0) is 9.97. The lowest BCUT2D eigenvalue weighted by molar-refractivity contribution is -0.114. The van der Waals surface area contributed by atoms with Crippen molar-refractivity contribution in [3.05, 3.63) is 52.4 Å². The van der Waals surface area contributed by atoms with Crippen molar-refractivity contribution in [2.75, 3.05) is 0 Å². The molecule has 2 N–H and O–H groups in total. The van der Waals surface area contributed by atoms with Crippen molar-refractivity contribution in [3.63, 3.8) is 0 Å². The van der Waals surface area contributed by atoms with Crippen LogP contribution in [0.4, 0.5) is 0 Å². The molecular weight excluding hydrogens is 174 g/mol. The van der Waals surface area contributed by atoms with Crippen LogP contribution in [0, 0.1) is 0 Å². The van der Waals surface area contributed by atoms with Crippen LogP contribution in [0.5, 0.6) is 0 Å². The van der Waals surface area contributed by atoms with Crippen molar-refractivity contribution in [2.24, 2.45) is 5.73 Å². The molecule has 0 aromatic heterocycles. The number of nitrogens with two attached hydrogens (primary N) is 1. The molecule has 0 saturated heterocycles. The summed E-state index contributed by atoms with van der Waals surface area (Å²) in [6.07, 6.45) is 2.35. The van der Waals surface area contributed by atoms with Gasteiger partial charge in [0, 0.05) is 6.42 Å². The molecule has 1 aliphatic rings. The quantitative estimate of drug-likeness (QED) is 0.657. The summed E-state index contributed by atoms with van der Waals surface area (Å²) in [5, 5.41) is 0. The number of primary amides is 1. The van der Waals surface area contributed by atoms with E-state index in [1.807, 2.05) is 30.3 Å². The molecule has 14 heavy (non-hydrogen) atoms. The molecule has 1 aromatic rings. The molecule has 1 aliphatic carbocycles. The third-order valence-electron chi connectivity index (χ3n) is 2.17. The van der Waals surface area contributed by atoms with Gasteiger partial charge in [-0.25, -0.2) is 0 Å². The number of carbonyl (C=O) groups is 1. The van der Waals surface area contributed by atoms with Gasteiger partial charge in [0.25, 0.3) is 5.91 Å². The summed E-state index contributed by atoms with van der Waals surface area (Å²) in [7, 11) is 0. The van der Waals surface area contributed by atoms with Crippen LogP contribution in [0.15, 0.2) is 41.3 Å². The molecule has 2 heteroatoms. The first-order chi connectivity index (χ1) is 6.77. The number of carbonyl (C=O) groups excluding carboxylic acids is 1. The van der Waals surface area contributed by atoms with E-state index in [2.05, 4.69) is 11.5 Å². The standard InChI is InChI=1S/C12H9NO/c13-12(14)11-7-3-6-9-4-1-2-5-10(9)8-11/h1-2,4-6H,8H2,(H2,13,14). The first-order valence-corrected chi connectivity index (χ1v) is 4.35. The van der Waals surface area contributed by atoms with Crippen molar-refractivity contribution < 1.29 is 4.79 Å². The van der Waals surface area contributed by atoms with Crippen LogP contribution < -0.4 is 5.73 Å². The summed E-state index contributed by atoms with van der Waals surface area (Å²) in [5.41, 5.74) is 13.4. The lowest BCUT2D eigenvalue weighted by atomic mass is 10.0. The number of rotatable bonds is 1. The first-order valence-electron chi connectivity index (χ1n) is 4.35. The maximum atomic E-state index is 11.0. The first kappa shape index (κ1) is 8.58. The van der Waals surface area contributed by atoms with Gasteiger partial charge in [-0.05, 0) is 17.2 Å². The average molecular weight is 183 g/mol. The highest BCUT2D eigenvalue weighted by Crippen LogP contribution is 2.16. The summed E-state index contributed by atoms with van der Waals surface area (Å²) in [5.74, 6) is -0.428. The van der Waals surface area contributed by atoms with Crippen molar-refractivity contribution in [2.45, 2.75) is 6.42 Å². The van der Waals surface area contributed by atoms with Gasteiger partial charge in [-0.15, -0.1) is 0 Å². The molecule has 0 aliphatic heterocycles. The van der Waals surface area contributed by atoms with Crippen LogP contribution in [0.25, 0.3) is 6.08 Å². The van der Waals surface area contributed by atoms with Crippen LogP contribution >= 0.6 is 0 Å². The van der Waals surface area contributed by atoms with Gasteiger partial charge in [0.2, 0.25) is 0 Å². The van der Waals surface area contributed by atoms with Crippen molar-refractivity contribution >= 4 is 12.0 Å². The Bertz CT molecular complexity index is 487. The van der Waals surface area contributed by atoms with Crippen molar-refractivity contribution in [1.82, 2.24) is 0 Å². The van der Waals surface area contributed by atoms with Gasteiger partial charge in [-0.1, -0.05) is 35.7 Å². The Balaban J connectivity index is 2.53. The van der Waals surface area contributed by atoms with Gasteiger partial charge < -0.3 is 5.73 Å². The topological polar surface area (TPSA) is 43.1 Å². The lowest BCUT2D eigenvalue weighted by Gasteiger charge is -2.03. The molecule has 0 heterocycles. The normalized spacial score (nSPS) is 13.0. The SMILES string of the molecule is NC(=O)C1=C=C=Cc2ccccc2C1. The molecule has 0 bridgehead atoms. The molecule has 0 saturated carbocycles. The average Bonchev–Trinajstić information content (AvgIpc) is 2.39. The van der Waals surface area contributed by atoms with Crippen LogP contribution in [0.1, 0.15) is 11.1 Å². The van der Waals surface area contributed by atoms with Gasteiger partial charge in [-0.2, -0.15) is 0 Å². The van der Waals surface area contributed by atoms with Crippen molar-refractivity contribution in [3.8, 4) is 0 Å². The van der Waals surface area contributed by atoms with Gasteiger partial charge in [0.1, 0.15) is 0 Å². The van der Waals surface area contributed by atoms with Gasteiger partial charge in [-0.3, -0.25) is 4.79 Å². The Morgan fingerprint density at radius 2 is 2.14 bits per heavy atom. The fourth-order valence-corrected chi connectivity index (χ4v) is 1.42. The van der Waals surface area contributed by atoms with E-state index in [1.165, 1.54) is 0 Å². The molecule has 2 nitrogen and oxygen atoms in total. The summed E-state index contributed by atoms with van der Waals surface area (Å²) >= 11 is 0. The predicted molar refractivity (Wildman–Crippen MR) is 54.3 cm³/mol. The Morgan fingerprint density at radius 3 is 2.93 bits per heavy atom. The number of benzene rings is 1. The molecule has 0 fully saturated rings. The fourth-order valence-electron chi connectivity index (χ4n) is 1.42. The largest absolute Gasteiger partial charge is 0.365 e. The Labute approximate surface area is 82.0 Å². The number of hydrogen-bond donors (Lipinski definition) is 1. The molecule has 0 spiro atoms. The summed E-state index contributed by atoms with van der Waals surface area (Å²) in [4.78, 5) is 11.0. The second kappa shape index (κ2) is 3.39. The van der Waals surface area contributed by atoms with E-state index >= 15 is 0 Å². The van der Waals surface area contributed by atoms with Crippen LogP contribution in [0.2, 0.25) is 0 Å². The van der Waals surface area contributed by atoms with E-state index < -0.39 is 5.91 Å². The Morgan fingerprint density at radius 1 is 1.36 bits per heavy atom. The van der Waals surface area contributed by atoms with Crippen LogP contribution in [0.3, 0.4) is 0 Å². The highest BCUT2D eigenvalue weighted by molar-refractivity contribution is 5.92. The Hall–Kier alpha value is -2.01. The highest BCUT2D eigenvalue weighted by atomic mass is 16.1. The molecule has 0 atom stereocenters. The van der Waals surface area contributed by atoms with E-state index in [1.54, 1.807) is 0 Å². The highest BCUT2D eigenvalue weighted by Gasteiger charge is 2.09. The van der Waals surface area contributed by atoms with Crippen LogP contribution in [-0.2, 0) is 11.2 Å². The summed E-state index contributed by atoms with van der Waals surface area (Å²) < 4.78 is 0. The van der Waals surface area contributed by atoms with E-state index in [4.69, 9.17) is 5.73 Å². The number of fused-ring (bicyclic) bond motifs is 1. The van der Waals surface area contributed by atoms with Gasteiger partial charge >= 0.3 is 0 Å². The molecule has 1 amide bonds. The monoisotopic (exact) mass is 183 g/mol. The second-order valence-corrected chi connectivity index (χ2v) is 3.13. The zero-order valence-corrected chi connectivity index (χ0v) is 7.58. The second-order valence-electron chi connectivity index (χ2n) is 3.13. The molecule has 2 rings (SSSR count). The third-order valence-corrected chi connectivity index (χ3v) is 2.17. The minimum absolute atomic E-state index is 0.428. The smallest absolute Gasteiger partial charge is 0.253 e.